The number of rotatable bonds is 4. The van der Waals surface area contributed by atoms with E-state index >= 15 is 0 Å². The molecule has 21 heavy (non-hydrogen) atoms. The molecule has 0 unspecified atom stereocenters. The largest absolute Gasteiger partial charge is 0.359 e. The third kappa shape index (κ3) is 3.96. The smallest absolute Gasteiger partial charge is 0.187 e. The summed E-state index contributed by atoms with van der Waals surface area (Å²) in [5.41, 5.74) is 4.80. The van der Waals surface area contributed by atoms with E-state index in [0.29, 0.717) is 10.6 Å². The van der Waals surface area contributed by atoms with E-state index in [9.17, 15) is 4.79 Å². The van der Waals surface area contributed by atoms with E-state index in [-0.39, 0.29) is 5.78 Å². The molecule has 0 saturated heterocycles. The van der Waals surface area contributed by atoms with Gasteiger partial charge < -0.3 is 5.32 Å². The van der Waals surface area contributed by atoms with Gasteiger partial charge in [0, 0.05) is 28.0 Å². The Morgan fingerprint density at radius 3 is 2.19 bits per heavy atom. The molecular weight excluding hydrogens is 282 g/mol. The van der Waals surface area contributed by atoms with Crippen LogP contribution in [0.4, 0.5) is 5.69 Å². The van der Waals surface area contributed by atoms with E-state index in [4.69, 9.17) is 11.6 Å². The SMILES string of the molecule is C/C(=C\C(=O)c1ccc(Cl)cc1)Nc1c(C)cccc1C. The van der Waals surface area contributed by atoms with Gasteiger partial charge in [-0.15, -0.1) is 0 Å². The molecule has 0 bridgehead atoms. The Hall–Kier alpha value is -2.06. The molecule has 0 heterocycles. The van der Waals surface area contributed by atoms with Gasteiger partial charge in [0.15, 0.2) is 5.78 Å². The van der Waals surface area contributed by atoms with E-state index in [1.165, 1.54) is 0 Å². The zero-order valence-corrected chi connectivity index (χ0v) is 13.2. The number of benzene rings is 2. The second-order valence-electron chi connectivity index (χ2n) is 5.09. The van der Waals surface area contributed by atoms with Crippen molar-refractivity contribution in [3.05, 3.63) is 76.0 Å². The van der Waals surface area contributed by atoms with Crippen molar-refractivity contribution in [1.29, 1.82) is 0 Å². The van der Waals surface area contributed by atoms with Crippen molar-refractivity contribution in [3.8, 4) is 0 Å². The van der Waals surface area contributed by atoms with Crippen LogP contribution in [-0.2, 0) is 0 Å². The first kappa shape index (κ1) is 15.3. The van der Waals surface area contributed by atoms with Gasteiger partial charge in [0.05, 0.1) is 0 Å². The van der Waals surface area contributed by atoms with Crippen molar-refractivity contribution in [2.24, 2.45) is 0 Å². The molecule has 0 fully saturated rings. The van der Waals surface area contributed by atoms with Crippen molar-refractivity contribution in [3.63, 3.8) is 0 Å². The van der Waals surface area contributed by atoms with Gasteiger partial charge in [0.1, 0.15) is 0 Å². The van der Waals surface area contributed by atoms with Gasteiger partial charge in [0.25, 0.3) is 0 Å². The minimum Gasteiger partial charge on any atom is -0.359 e. The molecule has 0 aliphatic heterocycles. The van der Waals surface area contributed by atoms with Gasteiger partial charge in [-0.1, -0.05) is 29.8 Å². The van der Waals surface area contributed by atoms with Gasteiger partial charge in [0.2, 0.25) is 0 Å². The maximum absolute atomic E-state index is 12.2. The van der Waals surface area contributed by atoms with E-state index < -0.39 is 0 Å². The zero-order valence-electron chi connectivity index (χ0n) is 12.4. The summed E-state index contributed by atoms with van der Waals surface area (Å²) in [4.78, 5) is 12.2. The molecule has 0 amide bonds. The normalized spacial score (nSPS) is 11.3. The third-order valence-electron chi connectivity index (χ3n) is 3.28. The van der Waals surface area contributed by atoms with Crippen LogP contribution in [0.15, 0.2) is 54.2 Å². The highest BCUT2D eigenvalue weighted by Crippen LogP contribution is 2.21. The molecule has 0 radical (unpaired) electrons. The minimum absolute atomic E-state index is 0.0390. The molecule has 2 aromatic rings. The van der Waals surface area contributed by atoms with Gasteiger partial charge in [-0.2, -0.15) is 0 Å². The molecular formula is C18H18ClNO. The first-order valence-corrected chi connectivity index (χ1v) is 7.16. The van der Waals surface area contributed by atoms with Gasteiger partial charge >= 0.3 is 0 Å². The molecule has 0 aromatic heterocycles. The Kier molecular flexibility index (Phi) is 4.81. The number of para-hydroxylation sites is 1. The number of carbonyl (C=O) groups excluding carboxylic acids is 1. The number of nitrogens with one attached hydrogen (secondary N) is 1. The molecule has 0 atom stereocenters. The standard InChI is InChI=1S/C18H18ClNO/c1-12-5-4-6-13(2)18(12)20-14(3)11-17(21)15-7-9-16(19)10-8-15/h4-11,20H,1-3H3/b14-11+. The maximum atomic E-state index is 12.2. The summed E-state index contributed by atoms with van der Waals surface area (Å²) in [7, 11) is 0. The molecule has 2 aromatic carbocycles. The lowest BCUT2D eigenvalue weighted by Gasteiger charge is -2.12. The highest BCUT2D eigenvalue weighted by Gasteiger charge is 2.05. The van der Waals surface area contributed by atoms with Crippen molar-refractivity contribution in [2.45, 2.75) is 20.8 Å². The summed E-state index contributed by atoms with van der Waals surface area (Å²) in [6.07, 6.45) is 1.61. The summed E-state index contributed by atoms with van der Waals surface area (Å²) in [5, 5.41) is 3.93. The summed E-state index contributed by atoms with van der Waals surface area (Å²) in [6, 6.07) is 13.0. The fraction of sp³-hybridized carbons (Fsp3) is 0.167. The molecule has 1 N–H and O–H groups in total. The predicted octanol–water partition coefficient (Wildman–Crippen LogP) is 5.16. The van der Waals surface area contributed by atoms with Crippen LogP contribution in [0.2, 0.25) is 5.02 Å². The van der Waals surface area contributed by atoms with Crippen LogP contribution >= 0.6 is 11.6 Å². The number of anilines is 1. The van der Waals surface area contributed by atoms with E-state index in [2.05, 4.69) is 5.32 Å². The Morgan fingerprint density at radius 1 is 1.05 bits per heavy atom. The van der Waals surface area contributed by atoms with Gasteiger partial charge in [-0.3, -0.25) is 4.79 Å². The number of halogens is 1. The Labute approximate surface area is 130 Å². The molecule has 0 saturated carbocycles. The van der Waals surface area contributed by atoms with Crippen molar-refractivity contribution < 1.29 is 4.79 Å². The van der Waals surface area contributed by atoms with Gasteiger partial charge in [-0.25, -0.2) is 0 Å². The van der Waals surface area contributed by atoms with Crippen LogP contribution in [0.3, 0.4) is 0 Å². The Balaban J connectivity index is 2.18. The number of ketones is 1. The number of allylic oxidation sites excluding steroid dienone is 2. The lowest BCUT2D eigenvalue weighted by molar-refractivity contribution is 0.104. The summed E-state index contributed by atoms with van der Waals surface area (Å²) in [6.45, 7) is 5.98. The predicted molar refractivity (Wildman–Crippen MR) is 89.1 cm³/mol. The Bertz CT molecular complexity index is 667. The average Bonchev–Trinajstić information content (AvgIpc) is 2.43. The van der Waals surface area contributed by atoms with Crippen molar-refractivity contribution >= 4 is 23.1 Å². The summed E-state index contributed by atoms with van der Waals surface area (Å²) < 4.78 is 0. The lowest BCUT2D eigenvalue weighted by Crippen LogP contribution is -2.03. The average molecular weight is 300 g/mol. The van der Waals surface area contributed by atoms with E-state index in [0.717, 1.165) is 22.5 Å². The molecule has 3 heteroatoms. The molecule has 0 aliphatic rings. The highest BCUT2D eigenvalue weighted by atomic mass is 35.5. The minimum atomic E-state index is -0.0390. The zero-order chi connectivity index (χ0) is 15.4. The van der Waals surface area contributed by atoms with Crippen molar-refractivity contribution in [2.75, 3.05) is 5.32 Å². The first-order valence-electron chi connectivity index (χ1n) is 6.79. The van der Waals surface area contributed by atoms with Crippen LogP contribution < -0.4 is 5.32 Å². The number of aryl methyl sites for hydroxylation is 2. The second kappa shape index (κ2) is 6.59. The Morgan fingerprint density at radius 2 is 1.62 bits per heavy atom. The molecule has 0 spiro atoms. The number of hydrogen-bond acceptors (Lipinski definition) is 2. The van der Waals surface area contributed by atoms with Crippen LogP contribution in [0, 0.1) is 13.8 Å². The number of hydrogen-bond donors (Lipinski definition) is 1. The van der Waals surface area contributed by atoms with Gasteiger partial charge in [-0.05, 0) is 56.2 Å². The summed E-state index contributed by atoms with van der Waals surface area (Å²) in [5.74, 6) is -0.0390. The number of carbonyl (C=O) groups is 1. The molecule has 0 aliphatic carbocycles. The lowest BCUT2D eigenvalue weighted by atomic mass is 10.1. The summed E-state index contributed by atoms with van der Waals surface area (Å²) >= 11 is 5.83. The van der Waals surface area contributed by atoms with Crippen LogP contribution in [0.5, 0.6) is 0 Å². The monoisotopic (exact) mass is 299 g/mol. The topological polar surface area (TPSA) is 29.1 Å². The molecule has 2 nitrogen and oxygen atoms in total. The quantitative estimate of drug-likeness (QED) is 0.624. The first-order chi connectivity index (χ1) is 9.97. The van der Waals surface area contributed by atoms with E-state index in [1.807, 2.05) is 39.0 Å². The second-order valence-corrected chi connectivity index (χ2v) is 5.53. The fourth-order valence-electron chi connectivity index (χ4n) is 2.14. The van der Waals surface area contributed by atoms with Crippen LogP contribution in [0.1, 0.15) is 28.4 Å². The fourth-order valence-corrected chi connectivity index (χ4v) is 2.26. The third-order valence-corrected chi connectivity index (χ3v) is 3.53. The molecule has 2 rings (SSSR count). The highest BCUT2D eigenvalue weighted by molar-refractivity contribution is 6.30. The van der Waals surface area contributed by atoms with Crippen LogP contribution in [-0.4, -0.2) is 5.78 Å². The van der Waals surface area contributed by atoms with Crippen LogP contribution in [0.25, 0.3) is 0 Å². The maximum Gasteiger partial charge on any atom is 0.187 e. The van der Waals surface area contributed by atoms with Crippen molar-refractivity contribution in [1.82, 2.24) is 0 Å². The van der Waals surface area contributed by atoms with E-state index in [1.54, 1.807) is 30.3 Å². The molecule has 108 valence electrons.